The Morgan fingerprint density at radius 3 is 2.55 bits per heavy atom. The first-order valence-corrected chi connectivity index (χ1v) is 8.91. The molecule has 2 aromatic carbocycles. The molecule has 29 heavy (non-hydrogen) atoms. The summed E-state index contributed by atoms with van der Waals surface area (Å²) in [6.45, 7) is 1.44. The number of H-pyrrole nitrogens is 1. The van der Waals surface area contributed by atoms with Gasteiger partial charge in [-0.25, -0.2) is 4.79 Å². The van der Waals surface area contributed by atoms with Gasteiger partial charge in [0.25, 0.3) is 0 Å². The summed E-state index contributed by atoms with van der Waals surface area (Å²) in [7, 11) is 0. The third-order valence-corrected chi connectivity index (χ3v) is 4.75. The van der Waals surface area contributed by atoms with E-state index in [1.165, 1.54) is 18.2 Å². The standard InChI is InChI=1S/C18H13Cl2F3N4O2/c1-9-2-4-11(7-14(9)20)27-17(29)25-15(26-27)12-6-10(3-5-13(12)19)8-24-16(28)18(21,22)23/h2-7H,8H2,1H3,(H,24,28)(H,25,26,29). The first-order chi connectivity index (χ1) is 13.6. The van der Waals surface area contributed by atoms with E-state index in [4.69, 9.17) is 23.2 Å². The van der Waals surface area contributed by atoms with Crippen LogP contribution in [0.4, 0.5) is 13.2 Å². The molecule has 0 spiro atoms. The quantitative estimate of drug-likeness (QED) is 0.637. The lowest BCUT2D eigenvalue weighted by atomic mass is 10.1. The van der Waals surface area contributed by atoms with Crippen molar-refractivity contribution >= 4 is 29.1 Å². The number of aromatic nitrogens is 3. The zero-order valence-electron chi connectivity index (χ0n) is 14.8. The SMILES string of the molecule is Cc1ccc(-n2nc(-c3cc(CNC(=O)C(F)(F)F)ccc3Cl)[nH]c2=O)cc1Cl. The van der Waals surface area contributed by atoms with Crippen molar-refractivity contribution in [3.63, 3.8) is 0 Å². The van der Waals surface area contributed by atoms with E-state index < -0.39 is 17.8 Å². The summed E-state index contributed by atoms with van der Waals surface area (Å²) in [5, 5.41) is 6.65. The van der Waals surface area contributed by atoms with E-state index in [0.29, 0.717) is 21.8 Å². The summed E-state index contributed by atoms with van der Waals surface area (Å²) in [6, 6.07) is 9.30. The molecule has 0 fully saturated rings. The van der Waals surface area contributed by atoms with Crippen molar-refractivity contribution in [1.82, 2.24) is 20.1 Å². The molecule has 0 aliphatic heterocycles. The zero-order chi connectivity index (χ0) is 21.3. The van der Waals surface area contributed by atoms with Gasteiger partial charge in [-0.15, -0.1) is 5.10 Å². The molecule has 0 aliphatic carbocycles. The number of carbonyl (C=O) groups is 1. The summed E-state index contributed by atoms with van der Waals surface area (Å²) in [5.41, 5.74) is 1.34. The Labute approximate surface area is 172 Å². The van der Waals surface area contributed by atoms with Crippen molar-refractivity contribution in [3.05, 3.63) is 68.1 Å². The summed E-state index contributed by atoms with van der Waals surface area (Å²) < 4.78 is 38.1. The maximum atomic E-state index is 12.3. The molecule has 152 valence electrons. The summed E-state index contributed by atoms with van der Waals surface area (Å²) >= 11 is 12.2. The van der Waals surface area contributed by atoms with E-state index in [2.05, 4.69) is 10.1 Å². The molecule has 6 nitrogen and oxygen atoms in total. The maximum absolute atomic E-state index is 12.3. The van der Waals surface area contributed by atoms with Crippen LogP contribution in [0.3, 0.4) is 0 Å². The molecule has 0 aliphatic rings. The lowest BCUT2D eigenvalue weighted by Crippen LogP contribution is -2.36. The van der Waals surface area contributed by atoms with Crippen LogP contribution in [0.2, 0.25) is 10.0 Å². The second kappa shape index (κ2) is 7.92. The van der Waals surface area contributed by atoms with Crippen LogP contribution in [0.1, 0.15) is 11.1 Å². The van der Waals surface area contributed by atoms with Crippen molar-refractivity contribution in [2.75, 3.05) is 0 Å². The van der Waals surface area contributed by atoms with E-state index >= 15 is 0 Å². The average molecular weight is 445 g/mol. The van der Waals surface area contributed by atoms with Crippen molar-refractivity contribution in [3.8, 4) is 17.1 Å². The van der Waals surface area contributed by atoms with Crippen molar-refractivity contribution in [2.45, 2.75) is 19.6 Å². The molecular weight excluding hydrogens is 432 g/mol. The molecule has 0 unspecified atom stereocenters. The molecule has 1 aromatic heterocycles. The smallest absolute Gasteiger partial charge is 0.344 e. The van der Waals surface area contributed by atoms with E-state index in [1.807, 2.05) is 6.92 Å². The Morgan fingerprint density at radius 2 is 1.90 bits per heavy atom. The number of aryl methyl sites for hydroxylation is 1. The third-order valence-electron chi connectivity index (χ3n) is 4.01. The van der Waals surface area contributed by atoms with E-state index in [0.717, 1.165) is 10.2 Å². The summed E-state index contributed by atoms with van der Waals surface area (Å²) in [5.74, 6) is -1.94. The predicted octanol–water partition coefficient (Wildman–Crippen LogP) is 4.02. The van der Waals surface area contributed by atoms with Gasteiger partial charge in [0.05, 0.1) is 10.7 Å². The highest BCUT2D eigenvalue weighted by Crippen LogP contribution is 2.27. The third kappa shape index (κ3) is 4.63. The van der Waals surface area contributed by atoms with Crippen LogP contribution in [-0.4, -0.2) is 26.8 Å². The maximum Gasteiger partial charge on any atom is 0.471 e. The lowest BCUT2D eigenvalue weighted by molar-refractivity contribution is -0.173. The highest BCUT2D eigenvalue weighted by molar-refractivity contribution is 6.33. The Balaban J connectivity index is 1.92. The fourth-order valence-corrected chi connectivity index (χ4v) is 2.86. The molecule has 3 aromatic rings. The van der Waals surface area contributed by atoms with E-state index in [9.17, 15) is 22.8 Å². The van der Waals surface area contributed by atoms with Gasteiger partial charge in [-0.3, -0.25) is 9.78 Å². The van der Waals surface area contributed by atoms with Crippen LogP contribution in [0.5, 0.6) is 0 Å². The van der Waals surface area contributed by atoms with Crippen molar-refractivity contribution < 1.29 is 18.0 Å². The van der Waals surface area contributed by atoms with Gasteiger partial charge < -0.3 is 5.32 Å². The number of aromatic amines is 1. The van der Waals surface area contributed by atoms with Crippen molar-refractivity contribution in [2.24, 2.45) is 0 Å². The molecule has 0 bridgehead atoms. The van der Waals surface area contributed by atoms with Crippen LogP contribution in [0.15, 0.2) is 41.2 Å². The van der Waals surface area contributed by atoms with Gasteiger partial charge in [0, 0.05) is 17.1 Å². The second-order valence-corrected chi connectivity index (χ2v) is 6.93. The summed E-state index contributed by atoms with van der Waals surface area (Å²) in [4.78, 5) is 25.8. The number of nitrogens with zero attached hydrogens (tertiary/aromatic N) is 2. The molecule has 11 heteroatoms. The van der Waals surface area contributed by atoms with Gasteiger partial charge in [0.1, 0.15) is 0 Å². The van der Waals surface area contributed by atoms with Crippen LogP contribution in [-0.2, 0) is 11.3 Å². The molecule has 1 heterocycles. The van der Waals surface area contributed by atoms with Crippen LogP contribution in [0.25, 0.3) is 17.1 Å². The number of rotatable bonds is 4. The molecule has 0 atom stereocenters. The highest BCUT2D eigenvalue weighted by atomic mass is 35.5. The van der Waals surface area contributed by atoms with Gasteiger partial charge in [-0.1, -0.05) is 35.3 Å². The Hall–Kier alpha value is -2.78. The zero-order valence-corrected chi connectivity index (χ0v) is 16.3. The normalized spacial score (nSPS) is 11.5. The Morgan fingerprint density at radius 1 is 1.17 bits per heavy atom. The number of nitrogens with one attached hydrogen (secondary N) is 2. The first-order valence-electron chi connectivity index (χ1n) is 8.16. The topological polar surface area (TPSA) is 79.8 Å². The number of alkyl halides is 3. The second-order valence-electron chi connectivity index (χ2n) is 6.12. The number of benzene rings is 2. The largest absolute Gasteiger partial charge is 0.471 e. The number of carbonyl (C=O) groups excluding carboxylic acids is 1. The molecule has 3 rings (SSSR count). The fraction of sp³-hybridized carbons (Fsp3) is 0.167. The molecule has 0 saturated heterocycles. The summed E-state index contributed by atoms with van der Waals surface area (Å²) in [6.07, 6.45) is -4.98. The van der Waals surface area contributed by atoms with Gasteiger partial charge in [0.15, 0.2) is 5.82 Å². The van der Waals surface area contributed by atoms with Gasteiger partial charge in [-0.05, 0) is 42.3 Å². The number of hydrogen-bond acceptors (Lipinski definition) is 3. The lowest BCUT2D eigenvalue weighted by Gasteiger charge is -2.09. The Bertz CT molecular complexity index is 1140. The van der Waals surface area contributed by atoms with Crippen molar-refractivity contribution in [1.29, 1.82) is 0 Å². The van der Waals surface area contributed by atoms with Gasteiger partial charge in [-0.2, -0.15) is 17.9 Å². The molecule has 0 saturated carbocycles. The number of halogens is 5. The fourth-order valence-electron chi connectivity index (χ4n) is 2.48. The average Bonchev–Trinajstić information content (AvgIpc) is 3.03. The van der Waals surface area contributed by atoms with E-state index in [-0.39, 0.29) is 17.4 Å². The van der Waals surface area contributed by atoms with Crippen LogP contribution in [0, 0.1) is 6.92 Å². The number of amides is 1. The molecule has 2 N–H and O–H groups in total. The first kappa shape index (κ1) is 20.9. The van der Waals surface area contributed by atoms with E-state index in [1.54, 1.807) is 23.5 Å². The minimum atomic E-state index is -4.98. The number of hydrogen-bond donors (Lipinski definition) is 2. The molecule has 0 radical (unpaired) electrons. The minimum absolute atomic E-state index is 0.112. The minimum Gasteiger partial charge on any atom is -0.344 e. The molecule has 1 amide bonds. The van der Waals surface area contributed by atoms with Crippen LogP contribution < -0.4 is 11.0 Å². The van der Waals surface area contributed by atoms with Gasteiger partial charge >= 0.3 is 17.8 Å². The Kier molecular flexibility index (Phi) is 5.72. The molecular formula is C18H13Cl2F3N4O2. The highest BCUT2D eigenvalue weighted by Gasteiger charge is 2.38. The van der Waals surface area contributed by atoms with Gasteiger partial charge in [0.2, 0.25) is 0 Å². The predicted molar refractivity (Wildman–Crippen MR) is 102 cm³/mol. The van der Waals surface area contributed by atoms with Crippen LogP contribution >= 0.6 is 23.2 Å². The monoisotopic (exact) mass is 444 g/mol.